The third-order valence-electron chi connectivity index (χ3n) is 3.86. The van der Waals surface area contributed by atoms with Crippen molar-refractivity contribution in [2.75, 3.05) is 5.73 Å². The third kappa shape index (κ3) is 2.48. The van der Waals surface area contributed by atoms with Gasteiger partial charge in [0.25, 0.3) is 0 Å². The van der Waals surface area contributed by atoms with E-state index in [4.69, 9.17) is 10.8 Å². The van der Waals surface area contributed by atoms with Gasteiger partial charge in [0.05, 0.1) is 11.4 Å². The monoisotopic (exact) mass is 292 g/mol. The van der Waals surface area contributed by atoms with E-state index in [9.17, 15) is 0 Å². The Balaban J connectivity index is 2.11. The van der Waals surface area contributed by atoms with Crippen molar-refractivity contribution in [2.24, 2.45) is 0 Å². The molecule has 0 unspecified atom stereocenters. The first-order chi connectivity index (χ1) is 10.6. The molecule has 0 saturated carbocycles. The van der Waals surface area contributed by atoms with Crippen LogP contribution < -0.4 is 5.73 Å². The number of aromatic nitrogens is 3. The van der Waals surface area contributed by atoms with Crippen LogP contribution in [0.15, 0.2) is 42.7 Å². The molecular weight excluding hydrogens is 272 g/mol. The standard InChI is InChI=1S/C18H20N4/c1-4-14-6-5-7-15(8-14)16-9-17(19)22(21-16)18-12(2)10-20-11-13(18)3/h5-11H,4,19H2,1-3H3. The molecule has 0 fully saturated rings. The topological polar surface area (TPSA) is 56.7 Å². The molecule has 1 aromatic carbocycles. The third-order valence-corrected chi connectivity index (χ3v) is 3.86. The van der Waals surface area contributed by atoms with Crippen LogP contribution in [0.4, 0.5) is 5.82 Å². The van der Waals surface area contributed by atoms with Gasteiger partial charge in [-0.1, -0.05) is 25.1 Å². The Morgan fingerprint density at radius 2 is 1.82 bits per heavy atom. The number of rotatable bonds is 3. The van der Waals surface area contributed by atoms with E-state index in [1.54, 1.807) is 4.68 Å². The minimum absolute atomic E-state index is 0.634. The van der Waals surface area contributed by atoms with Gasteiger partial charge >= 0.3 is 0 Å². The van der Waals surface area contributed by atoms with Crippen LogP contribution in [0.25, 0.3) is 16.9 Å². The van der Waals surface area contributed by atoms with Gasteiger partial charge in [-0.3, -0.25) is 4.98 Å². The summed E-state index contributed by atoms with van der Waals surface area (Å²) in [6, 6.07) is 10.3. The molecule has 3 rings (SSSR count). The molecule has 0 spiro atoms. The van der Waals surface area contributed by atoms with Crippen molar-refractivity contribution in [3.05, 3.63) is 59.4 Å². The Bertz CT molecular complexity index is 797. The first-order valence-electron chi connectivity index (χ1n) is 7.46. The number of anilines is 1. The first kappa shape index (κ1) is 14.3. The minimum atomic E-state index is 0.634. The number of aryl methyl sites for hydroxylation is 3. The zero-order valence-electron chi connectivity index (χ0n) is 13.2. The van der Waals surface area contributed by atoms with E-state index < -0.39 is 0 Å². The normalized spacial score (nSPS) is 10.9. The fourth-order valence-corrected chi connectivity index (χ4v) is 2.69. The number of hydrogen-bond acceptors (Lipinski definition) is 3. The van der Waals surface area contributed by atoms with Gasteiger partial charge in [-0.2, -0.15) is 5.10 Å². The molecule has 22 heavy (non-hydrogen) atoms. The predicted octanol–water partition coefficient (Wildman–Crippen LogP) is 3.70. The van der Waals surface area contributed by atoms with Crippen LogP contribution in [-0.4, -0.2) is 14.8 Å². The van der Waals surface area contributed by atoms with Gasteiger partial charge in [-0.25, -0.2) is 4.68 Å². The van der Waals surface area contributed by atoms with Gasteiger partial charge < -0.3 is 5.73 Å². The maximum absolute atomic E-state index is 6.20. The summed E-state index contributed by atoms with van der Waals surface area (Å²) in [6.07, 6.45) is 4.67. The van der Waals surface area contributed by atoms with Crippen LogP contribution in [0.2, 0.25) is 0 Å². The van der Waals surface area contributed by atoms with Gasteiger partial charge in [0.2, 0.25) is 0 Å². The van der Waals surface area contributed by atoms with Crippen molar-refractivity contribution < 1.29 is 0 Å². The number of hydrogen-bond donors (Lipinski definition) is 1. The minimum Gasteiger partial charge on any atom is -0.384 e. The molecule has 2 aromatic heterocycles. The van der Waals surface area contributed by atoms with Gasteiger partial charge in [-0.05, 0) is 43.0 Å². The lowest BCUT2D eigenvalue weighted by atomic mass is 10.1. The first-order valence-corrected chi connectivity index (χ1v) is 7.46. The lowest BCUT2D eigenvalue weighted by Gasteiger charge is -2.10. The molecule has 3 aromatic rings. The number of nitrogens with zero attached hydrogens (tertiary/aromatic N) is 3. The summed E-state index contributed by atoms with van der Waals surface area (Å²) in [7, 11) is 0. The van der Waals surface area contributed by atoms with Crippen molar-refractivity contribution in [1.29, 1.82) is 0 Å². The van der Waals surface area contributed by atoms with E-state index in [0.29, 0.717) is 5.82 Å². The molecule has 0 atom stereocenters. The summed E-state index contributed by atoms with van der Waals surface area (Å²) in [6.45, 7) is 6.19. The quantitative estimate of drug-likeness (QED) is 0.801. The summed E-state index contributed by atoms with van der Waals surface area (Å²) >= 11 is 0. The number of nitrogens with two attached hydrogens (primary N) is 1. The highest BCUT2D eigenvalue weighted by molar-refractivity contribution is 5.65. The summed E-state index contributed by atoms with van der Waals surface area (Å²) in [4.78, 5) is 4.21. The van der Waals surface area contributed by atoms with Crippen molar-refractivity contribution in [1.82, 2.24) is 14.8 Å². The highest BCUT2D eigenvalue weighted by atomic mass is 15.3. The maximum Gasteiger partial charge on any atom is 0.127 e. The van der Waals surface area contributed by atoms with Crippen LogP contribution in [0, 0.1) is 13.8 Å². The highest BCUT2D eigenvalue weighted by Gasteiger charge is 2.13. The van der Waals surface area contributed by atoms with E-state index in [2.05, 4.69) is 36.2 Å². The summed E-state index contributed by atoms with van der Waals surface area (Å²) in [5.74, 6) is 0.634. The van der Waals surface area contributed by atoms with Crippen LogP contribution in [0.1, 0.15) is 23.6 Å². The molecule has 2 N–H and O–H groups in total. The molecule has 2 heterocycles. The fraction of sp³-hybridized carbons (Fsp3) is 0.222. The lowest BCUT2D eigenvalue weighted by Crippen LogP contribution is -2.06. The van der Waals surface area contributed by atoms with Gasteiger partial charge in [0.1, 0.15) is 5.82 Å². The molecule has 112 valence electrons. The maximum atomic E-state index is 6.20. The molecule has 0 aliphatic carbocycles. The molecule has 0 saturated heterocycles. The molecule has 0 radical (unpaired) electrons. The average molecular weight is 292 g/mol. The van der Waals surface area contributed by atoms with Crippen LogP contribution in [0.5, 0.6) is 0 Å². The van der Waals surface area contributed by atoms with Gasteiger partial charge in [-0.15, -0.1) is 0 Å². The second kappa shape index (κ2) is 5.64. The summed E-state index contributed by atoms with van der Waals surface area (Å²) < 4.78 is 1.81. The van der Waals surface area contributed by atoms with Gasteiger partial charge in [0, 0.05) is 24.0 Å². The van der Waals surface area contributed by atoms with E-state index in [1.807, 2.05) is 32.3 Å². The average Bonchev–Trinajstić information content (AvgIpc) is 2.89. The fourth-order valence-electron chi connectivity index (χ4n) is 2.69. The molecule has 0 amide bonds. The Kier molecular flexibility index (Phi) is 3.67. The Morgan fingerprint density at radius 1 is 1.09 bits per heavy atom. The summed E-state index contributed by atoms with van der Waals surface area (Å²) in [5, 5.41) is 4.71. The molecular formula is C18H20N4. The van der Waals surface area contributed by atoms with E-state index >= 15 is 0 Å². The van der Waals surface area contributed by atoms with Crippen molar-refractivity contribution in [2.45, 2.75) is 27.2 Å². The largest absolute Gasteiger partial charge is 0.384 e. The van der Waals surface area contributed by atoms with E-state index in [-0.39, 0.29) is 0 Å². The molecule has 0 aliphatic heterocycles. The molecule has 4 heteroatoms. The van der Waals surface area contributed by atoms with Crippen molar-refractivity contribution in [3.8, 4) is 16.9 Å². The highest BCUT2D eigenvalue weighted by Crippen LogP contribution is 2.26. The van der Waals surface area contributed by atoms with Crippen LogP contribution in [-0.2, 0) is 6.42 Å². The van der Waals surface area contributed by atoms with E-state index in [1.165, 1.54) is 5.56 Å². The molecule has 0 aliphatic rings. The number of benzene rings is 1. The Hall–Kier alpha value is -2.62. The zero-order chi connectivity index (χ0) is 15.7. The van der Waals surface area contributed by atoms with Gasteiger partial charge in [0.15, 0.2) is 0 Å². The van der Waals surface area contributed by atoms with Crippen molar-refractivity contribution in [3.63, 3.8) is 0 Å². The Morgan fingerprint density at radius 3 is 2.50 bits per heavy atom. The molecule has 0 bridgehead atoms. The van der Waals surface area contributed by atoms with E-state index in [0.717, 1.165) is 34.5 Å². The predicted molar refractivity (Wildman–Crippen MR) is 90.1 cm³/mol. The summed E-state index contributed by atoms with van der Waals surface area (Å²) in [5.41, 5.74) is 12.6. The number of pyridine rings is 1. The zero-order valence-corrected chi connectivity index (χ0v) is 13.2. The van der Waals surface area contributed by atoms with Crippen LogP contribution in [0.3, 0.4) is 0 Å². The Labute approximate surface area is 130 Å². The second-order valence-corrected chi connectivity index (χ2v) is 5.54. The lowest BCUT2D eigenvalue weighted by molar-refractivity contribution is 0.873. The SMILES string of the molecule is CCc1cccc(-c2cc(N)n(-c3c(C)cncc3C)n2)c1. The number of nitrogen functional groups attached to an aromatic ring is 1. The van der Waals surface area contributed by atoms with Crippen molar-refractivity contribution >= 4 is 5.82 Å². The molecule has 4 nitrogen and oxygen atoms in total. The smallest absolute Gasteiger partial charge is 0.127 e. The van der Waals surface area contributed by atoms with Crippen LogP contribution >= 0.6 is 0 Å². The second-order valence-electron chi connectivity index (χ2n) is 5.54.